The zero-order chi connectivity index (χ0) is 9.80. The maximum absolute atomic E-state index is 11.3. The second-order valence-electron chi connectivity index (χ2n) is 3.38. The molecule has 1 aliphatic rings. The van der Waals surface area contributed by atoms with Crippen LogP contribution in [-0.2, 0) is 6.54 Å². The monoisotopic (exact) mass is 211 g/mol. The molecule has 2 amide bonds. The van der Waals surface area contributed by atoms with E-state index >= 15 is 0 Å². The zero-order valence-corrected chi connectivity index (χ0v) is 8.64. The lowest BCUT2D eigenvalue weighted by Gasteiger charge is -2.26. The van der Waals surface area contributed by atoms with E-state index in [0.717, 1.165) is 17.8 Å². The van der Waals surface area contributed by atoms with Gasteiger partial charge in [-0.3, -0.25) is 0 Å². The average molecular weight is 211 g/mol. The summed E-state index contributed by atoms with van der Waals surface area (Å²) in [6.07, 6.45) is 5.21. The molecule has 1 aromatic rings. The summed E-state index contributed by atoms with van der Waals surface area (Å²) >= 11 is 1.55. The van der Waals surface area contributed by atoms with Crippen LogP contribution in [0.4, 0.5) is 4.79 Å². The van der Waals surface area contributed by atoms with E-state index in [1.165, 1.54) is 6.42 Å². The summed E-state index contributed by atoms with van der Waals surface area (Å²) in [5.41, 5.74) is 0. The van der Waals surface area contributed by atoms with Gasteiger partial charge in [-0.2, -0.15) is 0 Å². The van der Waals surface area contributed by atoms with Crippen molar-refractivity contribution in [1.82, 2.24) is 15.6 Å². The molecule has 4 nitrogen and oxygen atoms in total. The first-order valence-corrected chi connectivity index (χ1v) is 5.65. The summed E-state index contributed by atoms with van der Waals surface area (Å²) in [6.45, 7) is 0.524. The number of carbonyl (C=O) groups excluding carboxylic acids is 1. The van der Waals surface area contributed by atoms with Crippen LogP contribution in [0.15, 0.2) is 11.6 Å². The first-order valence-electron chi connectivity index (χ1n) is 4.77. The van der Waals surface area contributed by atoms with Crippen LogP contribution >= 0.6 is 11.3 Å². The molecule has 2 N–H and O–H groups in total. The van der Waals surface area contributed by atoms with Crippen molar-refractivity contribution in [2.75, 3.05) is 0 Å². The maximum Gasteiger partial charge on any atom is 0.315 e. The minimum atomic E-state index is -0.0788. The number of urea groups is 1. The number of hydrogen-bond donors (Lipinski definition) is 2. The Morgan fingerprint density at radius 3 is 3.07 bits per heavy atom. The van der Waals surface area contributed by atoms with Crippen LogP contribution in [0.5, 0.6) is 0 Å². The quantitative estimate of drug-likeness (QED) is 0.796. The highest BCUT2D eigenvalue weighted by atomic mass is 32.1. The Bertz CT molecular complexity index is 295. The Morgan fingerprint density at radius 2 is 2.50 bits per heavy atom. The minimum absolute atomic E-state index is 0.0788. The van der Waals surface area contributed by atoms with Crippen molar-refractivity contribution in [3.63, 3.8) is 0 Å². The standard InChI is InChI=1S/C9H13N3OS/c13-9(12-7-2-1-3-7)11-6-8-10-4-5-14-8/h4-5,7H,1-3,6H2,(H2,11,12,13). The van der Waals surface area contributed by atoms with Crippen molar-refractivity contribution >= 4 is 17.4 Å². The van der Waals surface area contributed by atoms with E-state index in [4.69, 9.17) is 0 Å². The molecule has 0 spiro atoms. The molecule has 1 aliphatic carbocycles. The lowest BCUT2D eigenvalue weighted by Crippen LogP contribution is -2.44. The summed E-state index contributed by atoms with van der Waals surface area (Å²) < 4.78 is 0. The second-order valence-corrected chi connectivity index (χ2v) is 4.36. The molecule has 0 radical (unpaired) electrons. The first kappa shape index (κ1) is 9.45. The molecule has 0 saturated heterocycles. The molecule has 0 unspecified atom stereocenters. The van der Waals surface area contributed by atoms with Crippen LogP contribution in [0.3, 0.4) is 0 Å². The number of carbonyl (C=O) groups is 1. The average Bonchev–Trinajstić information content (AvgIpc) is 2.60. The fraction of sp³-hybridized carbons (Fsp3) is 0.556. The van der Waals surface area contributed by atoms with Gasteiger partial charge in [0, 0.05) is 17.6 Å². The summed E-state index contributed by atoms with van der Waals surface area (Å²) in [4.78, 5) is 15.4. The Kier molecular flexibility index (Phi) is 2.98. The number of hydrogen-bond acceptors (Lipinski definition) is 3. The van der Waals surface area contributed by atoms with Crippen molar-refractivity contribution in [2.24, 2.45) is 0 Å². The van der Waals surface area contributed by atoms with Gasteiger partial charge >= 0.3 is 6.03 Å². The molecule has 0 atom stereocenters. The summed E-state index contributed by atoms with van der Waals surface area (Å²) in [5.74, 6) is 0. The topological polar surface area (TPSA) is 54.0 Å². The van der Waals surface area contributed by atoms with E-state index in [2.05, 4.69) is 15.6 Å². The number of amides is 2. The minimum Gasteiger partial charge on any atom is -0.335 e. The third-order valence-corrected chi connectivity index (χ3v) is 3.10. The molecule has 1 fully saturated rings. The van der Waals surface area contributed by atoms with Gasteiger partial charge in [-0.25, -0.2) is 9.78 Å². The smallest absolute Gasteiger partial charge is 0.315 e. The normalized spacial score (nSPS) is 16.0. The van der Waals surface area contributed by atoms with E-state index in [0.29, 0.717) is 12.6 Å². The molecule has 14 heavy (non-hydrogen) atoms. The molecule has 0 aliphatic heterocycles. The predicted molar refractivity (Wildman–Crippen MR) is 55.1 cm³/mol. The van der Waals surface area contributed by atoms with Crippen LogP contribution < -0.4 is 10.6 Å². The first-order chi connectivity index (χ1) is 6.84. The van der Waals surface area contributed by atoms with Crippen LogP contribution in [-0.4, -0.2) is 17.1 Å². The molecule has 5 heteroatoms. The highest BCUT2D eigenvalue weighted by Crippen LogP contribution is 2.17. The van der Waals surface area contributed by atoms with E-state index in [9.17, 15) is 4.79 Å². The van der Waals surface area contributed by atoms with Crippen molar-refractivity contribution in [3.8, 4) is 0 Å². The Morgan fingerprint density at radius 1 is 1.64 bits per heavy atom. The SMILES string of the molecule is O=C(NCc1nccs1)NC1CCC1. The van der Waals surface area contributed by atoms with Crippen LogP contribution in [0.25, 0.3) is 0 Å². The van der Waals surface area contributed by atoms with Crippen molar-refractivity contribution in [2.45, 2.75) is 31.8 Å². The summed E-state index contributed by atoms with van der Waals surface area (Å²) in [6, 6.07) is 0.316. The van der Waals surface area contributed by atoms with Gasteiger partial charge in [0.05, 0.1) is 6.54 Å². The largest absolute Gasteiger partial charge is 0.335 e. The molecule has 1 heterocycles. The van der Waals surface area contributed by atoms with Crippen LogP contribution in [0, 0.1) is 0 Å². The lowest BCUT2D eigenvalue weighted by atomic mass is 9.93. The molecule has 0 aromatic carbocycles. The van der Waals surface area contributed by atoms with Crippen molar-refractivity contribution in [1.29, 1.82) is 0 Å². The number of thiazole rings is 1. The molecular formula is C9H13N3OS. The number of aromatic nitrogens is 1. The Balaban J connectivity index is 1.67. The van der Waals surface area contributed by atoms with Crippen molar-refractivity contribution in [3.05, 3.63) is 16.6 Å². The van der Waals surface area contributed by atoms with E-state index in [-0.39, 0.29) is 6.03 Å². The molecule has 1 aromatic heterocycles. The van der Waals surface area contributed by atoms with E-state index < -0.39 is 0 Å². The summed E-state index contributed by atoms with van der Waals surface area (Å²) in [5, 5.41) is 8.53. The third-order valence-electron chi connectivity index (χ3n) is 2.32. The van der Waals surface area contributed by atoms with Crippen molar-refractivity contribution < 1.29 is 4.79 Å². The zero-order valence-electron chi connectivity index (χ0n) is 7.82. The lowest BCUT2D eigenvalue weighted by molar-refractivity contribution is 0.228. The van der Waals surface area contributed by atoms with E-state index in [1.54, 1.807) is 17.5 Å². The molecule has 2 rings (SSSR count). The Hall–Kier alpha value is -1.10. The molecule has 0 bridgehead atoms. The summed E-state index contributed by atoms with van der Waals surface area (Å²) in [7, 11) is 0. The van der Waals surface area contributed by atoms with E-state index in [1.807, 2.05) is 5.38 Å². The third kappa shape index (κ3) is 2.45. The molecule has 1 saturated carbocycles. The molecule has 76 valence electrons. The predicted octanol–water partition coefficient (Wildman–Crippen LogP) is 1.49. The van der Waals surface area contributed by atoms with Gasteiger partial charge in [0.2, 0.25) is 0 Å². The van der Waals surface area contributed by atoms with Gasteiger partial charge in [-0.15, -0.1) is 11.3 Å². The van der Waals surface area contributed by atoms with Crippen LogP contribution in [0.2, 0.25) is 0 Å². The van der Waals surface area contributed by atoms with Gasteiger partial charge < -0.3 is 10.6 Å². The van der Waals surface area contributed by atoms with Gasteiger partial charge in [0.15, 0.2) is 0 Å². The number of nitrogens with one attached hydrogen (secondary N) is 2. The van der Waals surface area contributed by atoms with Gasteiger partial charge in [0.25, 0.3) is 0 Å². The Labute approximate surface area is 86.7 Å². The van der Waals surface area contributed by atoms with Crippen LogP contribution in [0.1, 0.15) is 24.3 Å². The van der Waals surface area contributed by atoms with Gasteiger partial charge in [0.1, 0.15) is 5.01 Å². The highest BCUT2D eigenvalue weighted by molar-refractivity contribution is 7.09. The number of nitrogens with zero attached hydrogens (tertiary/aromatic N) is 1. The highest BCUT2D eigenvalue weighted by Gasteiger charge is 2.18. The van der Waals surface area contributed by atoms with Gasteiger partial charge in [-0.05, 0) is 19.3 Å². The van der Waals surface area contributed by atoms with Gasteiger partial charge in [-0.1, -0.05) is 0 Å². The number of rotatable bonds is 3. The fourth-order valence-electron chi connectivity index (χ4n) is 1.29. The maximum atomic E-state index is 11.3. The second kappa shape index (κ2) is 4.41. The molecular weight excluding hydrogens is 198 g/mol. The fourth-order valence-corrected chi connectivity index (χ4v) is 1.84.